The fourth-order valence-corrected chi connectivity index (χ4v) is 4.33. The molecule has 0 fully saturated rings. The fourth-order valence-electron chi connectivity index (χ4n) is 3.86. The first-order valence-corrected chi connectivity index (χ1v) is 10.7. The zero-order valence-corrected chi connectivity index (χ0v) is 19.1. The molecule has 9 heteroatoms. The quantitative estimate of drug-likeness (QED) is 0.586. The predicted molar refractivity (Wildman–Crippen MR) is 121 cm³/mol. The monoisotopic (exact) mass is 480 g/mol. The van der Waals surface area contributed by atoms with E-state index in [0.29, 0.717) is 18.0 Å². The molecule has 3 aromatic rings. The number of fused-ring (bicyclic) bond motifs is 2. The summed E-state index contributed by atoms with van der Waals surface area (Å²) >= 11 is 18.3. The van der Waals surface area contributed by atoms with Crippen LogP contribution < -0.4 is 5.43 Å². The van der Waals surface area contributed by atoms with Crippen LogP contribution in [0.15, 0.2) is 45.6 Å². The molecule has 0 saturated carbocycles. The Balaban J connectivity index is 1.97. The molecule has 6 nitrogen and oxygen atoms in total. The van der Waals surface area contributed by atoms with Crippen molar-refractivity contribution in [2.45, 2.75) is 12.1 Å². The molecule has 1 N–H and O–H groups in total. The predicted octanol–water partition coefficient (Wildman–Crippen LogP) is 4.35. The maximum absolute atomic E-state index is 13.5. The van der Waals surface area contributed by atoms with E-state index in [9.17, 15) is 14.7 Å². The van der Waals surface area contributed by atoms with Gasteiger partial charge in [-0.1, -0.05) is 40.9 Å². The second kappa shape index (κ2) is 8.11. The highest BCUT2D eigenvalue weighted by molar-refractivity contribution is 6.42. The van der Waals surface area contributed by atoms with Crippen LogP contribution in [0.5, 0.6) is 0 Å². The number of hydrogen-bond acceptors (Lipinski definition) is 5. The van der Waals surface area contributed by atoms with Crippen molar-refractivity contribution in [3.05, 3.63) is 78.6 Å². The molecule has 1 unspecified atom stereocenters. The third kappa shape index (κ3) is 3.62. The number of carbonyl (C=O) groups is 1. The van der Waals surface area contributed by atoms with Gasteiger partial charge in [-0.2, -0.15) is 0 Å². The topological polar surface area (TPSA) is 74.0 Å². The van der Waals surface area contributed by atoms with Gasteiger partial charge in [-0.05, 0) is 57.4 Å². The van der Waals surface area contributed by atoms with Gasteiger partial charge in [-0.25, -0.2) is 0 Å². The Kier molecular flexibility index (Phi) is 5.79. The summed E-state index contributed by atoms with van der Waals surface area (Å²) in [6.07, 6.45) is 0.565. The van der Waals surface area contributed by atoms with Gasteiger partial charge in [-0.3, -0.25) is 14.5 Å². The first-order valence-electron chi connectivity index (χ1n) is 9.56. The lowest BCUT2D eigenvalue weighted by molar-refractivity contribution is -0.0512. The van der Waals surface area contributed by atoms with Crippen LogP contribution in [0.3, 0.4) is 0 Å². The van der Waals surface area contributed by atoms with Crippen LogP contribution in [-0.4, -0.2) is 48.0 Å². The van der Waals surface area contributed by atoms with Gasteiger partial charge >= 0.3 is 0 Å². The number of halogens is 3. The van der Waals surface area contributed by atoms with Gasteiger partial charge in [0.05, 0.1) is 15.4 Å². The lowest BCUT2D eigenvalue weighted by Crippen LogP contribution is -2.47. The largest absolute Gasteiger partial charge is 0.450 e. The van der Waals surface area contributed by atoms with Crippen LogP contribution in [-0.2, 0) is 5.72 Å². The zero-order valence-electron chi connectivity index (χ0n) is 16.8. The van der Waals surface area contributed by atoms with Crippen LogP contribution >= 0.6 is 34.8 Å². The molecule has 0 aliphatic carbocycles. The highest BCUT2D eigenvalue weighted by Crippen LogP contribution is 2.43. The van der Waals surface area contributed by atoms with Crippen LogP contribution in [0.1, 0.15) is 28.1 Å². The Morgan fingerprint density at radius 3 is 2.48 bits per heavy atom. The second-order valence-electron chi connectivity index (χ2n) is 7.69. The second-order valence-corrected chi connectivity index (χ2v) is 8.94. The molecule has 162 valence electrons. The molecule has 1 amide bonds. The molecule has 0 spiro atoms. The minimum atomic E-state index is -2.07. The summed E-state index contributed by atoms with van der Waals surface area (Å²) in [5, 5.41) is 12.9. The van der Waals surface area contributed by atoms with Crippen molar-refractivity contribution in [3.8, 4) is 0 Å². The van der Waals surface area contributed by atoms with Gasteiger partial charge in [0.1, 0.15) is 11.1 Å². The highest BCUT2D eigenvalue weighted by Gasteiger charge is 2.53. The third-order valence-electron chi connectivity index (χ3n) is 5.34. The Morgan fingerprint density at radius 1 is 1.06 bits per heavy atom. The Morgan fingerprint density at radius 2 is 1.81 bits per heavy atom. The molecule has 4 rings (SSSR count). The van der Waals surface area contributed by atoms with Gasteiger partial charge in [0, 0.05) is 17.1 Å². The van der Waals surface area contributed by atoms with E-state index < -0.39 is 17.1 Å². The van der Waals surface area contributed by atoms with Gasteiger partial charge < -0.3 is 14.4 Å². The molecular weight excluding hydrogens is 463 g/mol. The van der Waals surface area contributed by atoms with Crippen molar-refractivity contribution in [2.75, 3.05) is 27.2 Å². The van der Waals surface area contributed by atoms with Crippen molar-refractivity contribution in [2.24, 2.45) is 0 Å². The molecule has 31 heavy (non-hydrogen) atoms. The SMILES string of the molecule is CN(C)CCCN1C(=O)c2oc3ccc(Cl)cc3c(=O)c2C1(O)c1ccc(Cl)c(Cl)c1. The number of rotatable bonds is 5. The average Bonchev–Trinajstić information content (AvgIpc) is 2.93. The molecule has 2 heterocycles. The molecule has 0 saturated heterocycles. The summed E-state index contributed by atoms with van der Waals surface area (Å²) in [4.78, 5) is 30.0. The van der Waals surface area contributed by atoms with E-state index in [1.807, 2.05) is 19.0 Å². The summed E-state index contributed by atoms with van der Waals surface area (Å²) < 4.78 is 5.80. The van der Waals surface area contributed by atoms with Crippen LogP contribution in [0, 0.1) is 0 Å². The number of amides is 1. The van der Waals surface area contributed by atoms with E-state index in [1.54, 1.807) is 6.07 Å². The number of aliphatic hydroxyl groups is 1. The van der Waals surface area contributed by atoms with E-state index >= 15 is 0 Å². The summed E-state index contributed by atoms with van der Waals surface area (Å²) in [6, 6.07) is 9.05. The standard InChI is InChI=1S/C22H19Cl3N2O4/c1-26(2)8-3-9-27-21(29)20-18(19(28)14-11-13(23)5-7-17(14)31-20)22(27,30)12-4-6-15(24)16(25)10-12/h4-7,10-11,30H,3,8-9H2,1-2H3. The Hall–Kier alpha value is -2.09. The minimum Gasteiger partial charge on any atom is -0.450 e. The van der Waals surface area contributed by atoms with Gasteiger partial charge in [0.2, 0.25) is 16.9 Å². The van der Waals surface area contributed by atoms with Crippen molar-refractivity contribution in [1.29, 1.82) is 0 Å². The van der Waals surface area contributed by atoms with Crippen molar-refractivity contribution >= 4 is 51.7 Å². The first-order chi connectivity index (χ1) is 14.6. The van der Waals surface area contributed by atoms with Crippen molar-refractivity contribution < 1.29 is 14.3 Å². The fraction of sp³-hybridized carbons (Fsp3) is 0.273. The van der Waals surface area contributed by atoms with Gasteiger partial charge in [-0.15, -0.1) is 0 Å². The maximum Gasteiger partial charge on any atom is 0.293 e. The lowest BCUT2D eigenvalue weighted by Gasteiger charge is -2.34. The lowest BCUT2D eigenvalue weighted by atomic mass is 9.94. The molecule has 1 aliphatic heterocycles. The summed E-state index contributed by atoms with van der Waals surface area (Å²) in [7, 11) is 3.82. The summed E-state index contributed by atoms with van der Waals surface area (Å²) in [5.41, 5.74) is -2.30. The Labute approximate surface area is 193 Å². The molecule has 2 aromatic carbocycles. The molecule has 1 atom stereocenters. The summed E-state index contributed by atoms with van der Waals surface area (Å²) in [6.45, 7) is 0.866. The normalized spacial score (nSPS) is 18.3. The Bertz CT molecular complexity index is 1260. The van der Waals surface area contributed by atoms with Crippen LogP contribution in [0.2, 0.25) is 15.1 Å². The number of benzene rings is 2. The van der Waals surface area contributed by atoms with E-state index in [4.69, 9.17) is 39.2 Å². The first kappa shape index (κ1) is 22.1. The van der Waals surface area contributed by atoms with E-state index in [2.05, 4.69) is 0 Å². The van der Waals surface area contributed by atoms with Crippen molar-refractivity contribution in [3.63, 3.8) is 0 Å². The van der Waals surface area contributed by atoms with E-state index in [0.717, 1.165) is 0 Å². The van der Waals surface area contributed by atoms with Crippen LogP contribution in [0.25, 0.3) is 11.0 Å². The minimum absolute atomic E-state index is 0.157. The molecule has 0 bridgehead atoms. The van der Waals surface area contributed by atoms with Crippen LogP contribution in [0.4, 0.5) is 0 Å². The van der Waals surface area contributed by atoms with Gasteiger partial charge in [0.15, 0.2) is 0 Å². The van der Waals surface area contributed by atoms with E-state index in [-0.39, 0.29) is 44.4 Å². The molecule has 0 radical (unpaired) electrons. The highest BCUT2D eigenvalue weighted by atomic mass is 35.5. The van der Waals surface area contributed by atoms with Crippen molar-refractivity contribution in [1.82, 2.24) is 9.80 Å². The maximum atomic E-state index is 13.5. The van der Waals surface area contributed by atoms with Gasteiger partial charge in [0.25, 0.3) is 5.91 Å². The number of carbonyl (C=O) groups excluding carboxylic acids is 1. The summed E-state index contributed by atoms with van der Waals surface area (Å²) in [5.74, 6) is -0.769. The molecular formula is C22H19Cl3N2O4. The molecule has 1 aliphatic rings. The number of hydrogen-bond donors (Lipinski definition) is 1. The average molecular weight is 482 g/mol. The number of nitrogens with zero attached hydrogens (tertiary/aromatic N) is 2. The zero-order chi connectivity index (χ0) is 22.5. The van der Waals surface area contributed by atoms with E-state index in [1.165, 1.54) is 35.2 Å². The third-order valence-corrected chi connectivity index (χ3v) is 6.31. The molecule has 1 aromatic heterocycles. The smallest absolute Gasteiger partial charge is 0.293 e.